The molecule has 2 fully saturated rings. The second-order valence-electron chi connectivity index (χ2n) is 5.18. The quantitative estimate of drug-likeness (QED) is 0.697. The lowest BCUT2D eigenvalue weighted by molar-refractivity contribution is -0.135. The zero-order chi connectivity index (χ0) is 11.5. The summed E-state index contributed by atoms with van der Waals surface area (Å²) < 4.78 is 0. The summed E-state index contributed by atoms with van der Waals surface area (Å²) in [6.45, 7) is 5.97. The summed E-state index contributed by atoms with van der Waals surface area (Å²) in [7, 11) is 2.11. The molecule has 16 heavy (non-hydrogen) atoms. The van der Waals surface area contributed by atoms with Crippen molar-refractivity contribution in [2.75, 3.05) is 33.2 Å². The molecule has 0 aliphatic carbocycles. The second kappa shape index (κ2) is 5.15. The van der Waals surface area contributed by atoms with E-state index < -0.39 is 0 Å². The fraction of sp³-hybridized carbons (Fsp3) is 0.917. The summed E-state index contributed by atoms with van der Waals surface area (Å²) in [6, 6.07) is 0.572. The maximum absolute atomic E-state index is 12.3. The summed E-state index contributed by atoms with van der Waals surface area (Å²) in [5.41, 5.74) is 0. The Morgan fingerprint density at radius 1 is 1.19 bits per heavy atom. The van der Waals surface area contributed by atoms with E-state index in [1.807, 2.05) is 4.90 Å². The fourth-order valence-electron chi connectivity index (χ4n) is 2.58. The molecule has 0 aromatic rings. The van der Waals surface area contributed by atoms with Crippen LogP contribution in [0.15, 0.2) is 0 Å². The smallest absolute Gasteiger partial charge is 0.239 e. The van der Waals surface area contributed by atoms with Crippen LogP contribution in [0.3, 0.4) is 0 Å². The van der Waals surface area contributed by atoms with E-state index in [1.165, 1.54) is 12.8 Å². The lowest BCUT2D eigenvalue weighted by Gasteiger charge is -2.37. The third-order valence-corrected chi connectivity index (χ3v) is 3.73. The maximum atomic E-state index is 12.3. The van der Waals surface area contributed by atoms with Gasteiger partial charge in [-0.15, -0.1) is 0 Å². The highest BCUT2D eigenvalue weighted by Gasteiger charge is 2.29. The highest BCUT2D eigenvalue weighted by atomic mass is 16.2. The van der Waals surface area contributed by atoms with E-state index in [0.717, 1.165) is 32.6 Å². The van der Waals surface area contributed by atoms with Crippen molar-refractivity contribution in [3.05, 3.63) is 0 Å². The Balaban J connectivity index is 1.86. The molecule has 1 amide bonds. The molecule has 0 aromatic carbocycles. The van der Waals surface area contributed by atoms with Gasteiger partial charge in [0.1, 0.15) is 0 Å². The molecule has 2 aliphatic rings. The number of piperidine rings is 1. The molecule has 2 heterocycles. The van der Waals surface area contributed by atoms with Gasteiger partial charge in [0.05, 0.1) is 6.04 Å². The number of nitrogens with one attached hydrogen (secondary N) is 1. The molecule has 2 rings (SSSR count). The SMILES string of the molecule is CC1CCCC(C(=O)N2CCN(C)CC2)N1. The van der Waals surface area contributed by atoms with Gasteiger partial charge in [-0.1, -0.05) is 0 Å². The first-order valence-electron chi connectivity index (χ1n) is 6.40. The van der Waals surface area contributed by atoms with Crippen molar-refractivity contribution in [1.82, 2.24) is 15.1 Å². The van der Waals surface area contributed by atoms with Crippen molar-refractivity contribution in [3.8, 4) is 0 Å². The number of rotatable bonds is 1. The fourth-order valence-corrected chi connectivity index (χ4v) is 2.58. The molecule has 1 N–H and O–H groups in total. The minimum Gasteiger partial charge on any atom is -0.339 e. The van der Waals surface area contributed by atoms with Crippen LogP contribution >= 0.6 is 0 Å². The van der Waals surface area contributed by atoms with Crippen molar-refractivity contribution < 1.29 is 4.79 Å². The number of carbonyl (C=O) groups excluding carboxylic acids is 1. The van der Waals surface area contributed by atoms with Gasteiger partial charge in [-0.25, -0.2) is 0 Å². The van der Waals surface area contributed by atoms with Crippen molar-refractivity contribution in [2.45, 2.75) is 38.3 Å². The van der Waals surface area contributed by atoms with Gasteiger partial charge in [-0.3, -0.25) is 4.79 Å². The summed E-state index contributed by atoms with van der Waals surface area (Å²) in [5, 5.41) is 3.42. The first-order chi connectivity index (χ1) is 7.66. The number of likely N-dealkylation sites (N-methyl/N-ethyl adjacent to an activating group) is 1. The molecule has 92 valence electrons. The Labute approximate surface area is 98.0 Å². The van der Waals surface area contributed by atoms with E-state index in [2.05, 4.69) is 24.2 Å². The molecular weight excluding hydrogens is 202 g/mol. The van der Waals surface area contributed by atoms with Crippen LogP contribution in [-0.4, -0.2) is 61.0 Å². The minimum absolute atomic E-state index is 0.0761. The van der Waals surface area contributed by atoms with Crippen LogP contribution in [-0.2, 0) is 4.79 Å². The molecule has 2 saturated heterocycles. The predicted molar refractivity (Wildman–Crippen MR) is 64.3 cm³/mol. The molecule has 4 nitrogen and oxygen atoms in total. The van der Waals surface area contributed by atoms with Gasteiger partial charge < -0.3 is 15.1 Å². The Morgan fingerprint density at radius 2 is 1.88 bits per heavy atom. The first kappa shape index (κ1) is 11.9. The number of amides is 1. The van der Waals surface area contributed by atoms with E-state index in [0.29, 0.717) is 11.9 Å². The second-order valence-corrected chi connectivity index (χ2v) is 5.18. The highest BCUT2D eigenvalue weighted by Crippen LogP contribution is 2.15. The molecule has 0 spiro atoms. The number of piperazine rings is 1. The van der Waals surface area contributed by atoms with Crippen molar-refractivity contribution in [1.29, 1.82) is 0 Å². The van der Waals surface area contributed by atoms with Gasteiger partial charge in [-0.2, -0.15) is 0 Å². The van der Waals surface area contributed by atoms with E-state index in [4.69, 9.17) is 0 Å². The van der Waals surface area contributed by atoms with Gasteiger partial charge >= 0.3 is 0 Å². The van der Waals surface area contributed by atoms with Crippen LogP contribution in [0.25, 0.3) is 0 Å². The van der Waals surface area contributed by atoms with Crippen molar-refractivity contribution in [3.63, 3.8) is 0 Å². The van der Waals surface area contributed by atoms with E-state index in [1.54, 1.807) is 0 Å². The van der Waals surface area contributed by atoms with E-state index in [-0.39, 0.29) is 6.04 Å². The third-order valence-electron chi connectivity index (χ3n) is 3.73. The molecule has 0 bridgehead atoms. The molecule has 2 unspecified atom stereocenters. The molecular formula is C12H23N3O. The number of nitrogens with zero attached hydrogens (tertiary/aromatic N) is 2. The Morgan fingerprint density at radius 3 is 2.50 bits per heavy atom. The minimum atomic E-state index is 0.0761. The van der Waals surface area contributed by atoms with Gasteiger partial charge in [0, 0.05) is 32.2 Å². The van der Waals surface area contributed by atoms with Gasteiger partial charge in [-0.05, 0) is 33.2 Å². The molecule has 0 aromatic heterocycles. The average Bonchev–Trinajstić information content (AvgIpc) is 2.29. The van der Waals surface area contributed by atoms with Crippen LogP contribution in [0.2, 0.25) is 0 Å². The summed E-state index contributed by atoms with van der Waals surface area (Å²) in [6.07, 6.45) is 3.39. The summed E-state index contributed by atoms with van der Waals surface area (Å²) in [4.78, 5) is 16.6. The van der Waals surface area contributed by atoms with E-state index in [9.17, 15) is 4.79 Å². The van der Waals surface area contributed by atoms with Crippen LogP contribution in [0.1, 0.15) is 26.2 Å². The Hall–Kier alpha value is -0.610. The largest absolute Gasteiger partial charge is 0.339 e. The zero-order valence-corrected chi connectivity index (χ0v) is 10.4. The van der Waals surface area contributed by atoms with Gasteiger partial charge in [0.2, 0.25) is 5.91 Å². The van der Waals surface area contributed by atoms with Crippen LogP contribution < -0.4 is 5.32 Å². The van der Waals surface area contributed by atoms with Crippen LogP contribution in [0, 0.1) is 0 Å². The third kappa shape index (κ3) is 2.74. The summed E-state index contributed by atoms with van der Waals surface area (Å²) >= 11 is 0. The number of hydrogen-bond donors (Lipinski definition) is 1. The van der Waals surface area contributed by atoms with Gasteiger partial charge in [0.25, 0.3) is 0 Å². The lowest BCUT2D eigenvalue weighted by Crippen LogP contribution is -2.55. The Kier molecular flexibility index (Phi) is 3.82. The average molecular weight is 225 g/mol. The van der Waals surface area contributed by atoms with E-state index >= 15 is 0 Å². The zero-order valence-electron chi connectivity index (χ0n) is 10.4. The molecule has 0 saturated carbocycles. The summed E-state index contributed by atoms with van der Waals surface area (Å²) in [5.74, 6) is 0.319. The van der Waals surface area contributed by atoms with Crippen LogP contribution in [0.5, 0.6) is 0 Å². The normalized spacial score (nSPS) is 32.8. The topological polar surface area (TPSA) is 35.6 Å². The molecule has 2 atom stereocenters. The highest BCUT2D eigenvalue weighted by molar-refractivity contribution is 5.82. The maximum Gasteiger partial charge on any atom is 0.239 e. The van der Waals surface area contributed by atoms with Crippen molar-refractivity contribution in [2.24, 2.45) is 0 Å². The molecule has 2 aliphatic heterocycles. The molecule has 4 heteroatoms. The molecule has 0 radical (unpaired) electrons. The Bertz CT molecular complexity index is 249. The standard InChI is InChI=1S/C12H23N3O/c1-10-4-3-5-11(13-10)12(16)15-8-6-14(2)7-9-15/h10-11,13H,3-9H2,1-2H3. The van der Waals surface area contributed by atoms with Crippen LogP contribution in [0.4, 0.5) is 0 Å². The first-order valence-corrected chi connectivity index (χ1v) is 6.40. The monoisotopic (exact) mass is 225 g/mol. The van der Waals surface area contributed by atoms with Crippen molar-refractivity contribution >= 4 is 5.91 Å². The number of carbonyl (C=O) groups is 1. The lowest BCUT2D eigenvalue weighted by atomic mass is 9.98. The predicted octanol–water partition coefficient (Wildman–Crippen LogP) is 0.291. The van der Waals surface area contributed by atoms with Gasteiger partial charge in [0.15, 0.2) is 0 Å². The number of hydrogen-bond acceptors (Lipinski definition) is 3.